The fourth-order valence-electron chi connectivity index (χ4n) is 2.83. The minimum atomic E-state index is -0.514. The Bertz CT molecular complexity index is 755. The summed E-state index contributed by atoms with van der Waals surface area (Å²) >= 11 is 0. The number of esters is 2. The van der Waals surface area contributed by atoms with Gasteiger partial charge in [-0.25, -0.2) is 4.79 Å². The summed E-state index contributed by atoms with van der Waals surface area (Å²) in [6.07, 6.45) is 0.233. The quantitative estimate of drug-likeness (QED) is 0.234. The van der Waals surface area contributed by atoms with Crippen molar-refractivity contribution in [3.63, 3.8) is 0 Å². The van der Waals surface area contributed by atoms with Crippen molar-refractivity contribution in [3.8, 4) is 0 Å². The molecule has 0 spiro atoms. The second-order valence-electron chi connectivity index (χ2n) is 10.2. The van der Waals surface area contributed by atoms with E-state index in [0.29, 0.717) is 71.5 Å². The van der Waals surface area contributed by atoms with E-state index < -0.39 is 11.2 Å². The summed E-state index contributed by atoms with van der Waals surface area (Å²) in [5.74, 6) is -0.582. The van der Waals surface area contributed by atoms with Gasteiger partial charge in [0.2, 0.25) is 0 Å². The third-order valence-corrected chi connectivity index (χ3v) is 4.30. The highest BCUT2D eigenvalue weighted by atomic mass is 16.6. The molecule has 0 aliphatic heterocycles. The molecular weight excluding hydrogens is 466 g/mol. The third-order valence-electron chi connectivity index (χ3n) is 4.30. The average molecular weight is 512 g/mol. The highest BCUT2D eigenvalue weighted by Crippen LogP contribution is 2.13. The summed E-state index contributed by atoms with van der Waals surface area (Å²) in [6.45, 7) is 16.1. The zero-order valence-corrected chi connectivity index (χ0v) is 22.9. The van der Waals surface area contributed by atoms with Crippen molar-refractivity contribution in [2.24, 2.45) is 0 Å². The molecule has 0 saturated heterocycles. The van der Waals surface area contributed by atoms with Crippen LogP contribution in [0.4, 0.5) is 0 Å². The lowest BCUT2D eigenvalue weighted by molar-refractivity contribution is -0.156. The molecule has 36 heavy (non-hydrogen) atoms. The Morgan fingerprint density at radius 2 is 1.25 bits per heavy atom. The molecule has 0 heterocycles. The molecule has 0 saturated carbocycles. The summed E-state index contributed by atoms with van der Waals surface area (Å²) in [4.78, 5) is 23.7. The molecule has 0 unspecified atom stereocenters. The van der Waals surface area contributed by atoms with Gasteiger partial charge in [0.25, 0.3) is 0 Å². The van der Waals surface area contributed by atoms with E-state index in [4.69, 9.17) is 28.4 Å². The number of nitrogens with one attached hydrogen (secondary N) is 1. The van der Waals surface area contributed by atoms with Crippen molar-refractivity contribution < 1.29 is 38.0 Å². The van der Waals surface area contributed by atoms with Crippen molar-refractivity contribution in [1.82, 2.24) is 5.32 Å². The van der Waals surface area contributed by atoms with Gasteiger partial charge in [-0.3, -0.25) is 4.79 Å². The monoisotopic (exact) mass is 511 g/mol. The van der Waals surface area contributed by atoms with Crippen LogP contribution in [0.1, 0.15) is 63.9 Å². The third kappa shape index (κ3) is 18.3. The van der Waals surface area contributed by atoms with Crippen molar-refractivity contribution in [2.75, 3.05) is 59.4 Å². The molecule has 0 atom stereocenters. The Morgan fingerprint density at radius 1 is 0.722 bits per heavy atom. The Labute approximate surface area is 216 Å². The number of benzene rings is 1. The molecular formula is C27H45NO8. The van der Waals surface area contributed by atoms with Gasteiger partial charge in [-0.1, -0.05) is 12.1 Å². The number of hydrogen-bond acceptors (Lipinski definition) is 9. The van der Waals surface area contributed by atoms with E-state index in [0.717, 1.165) is 5.56 Å². The molecule has 1 aromatic rings. The van der Waals surface area contributed by atoms with E-state index in [1.165, 1.54) is 0 Å². The van der Waals surface area contributed by atoms with Gasteiger partial charge in [0.15, 0.2) is 0 Å². The zero-order chi connectivity index (χ0) is 26.9. The maximum Gasteiger partial charge on any atom is 0.338 e. The summed E-state index contributed by atoms with van der Waals surface area (Å²) in [6, 6.07) is 7.42. The van der Waals surface area contributed by atoms with E-state index in [1.54, 1.807) is 6.07 Å². The first-order valence-electron chi connectivity index (χ1n) is 12.5. The van der Waals surface area contributed by atoms with Gasteiger partial charge in [-0.15, -0.1) is 0 Å². The Morgan fingerprint density at radius 3 is 1.81 bits per heavy atom. The van der Waals surface area contributed by atoms with Crippen LogP contribution in [0.25, 0.3) is 0 Å². The topological polar surface area (TPSA) is 102 Å². The van der Waals surface area contributed by atoms with Crippen molar-refractivity contribution >= 4 is 11.9 Å². The molecule has 1 N–H and O–H groups in total. The smallest absolute Gasteiger partial charge is 0.338 e. The largest absolute Gasteiger partial charge is 0.460 e. The minimum Gasteiger partial charge on any atom is -0.460 e. The van der Waals surface area contributed by atoms with E-state index in [-0.39, 0.29) is 18.4 Å². The molecule has 9 nitrogen and oxygen atoms in total. The first-order valence-corrected chi connectivity index (χ1v) is 12.5. The summed E-state index contributed by atoms with van der Waals surface area (Å²) in [5.41, 5.74) is 0.573. The van der Waals surface area contributed by atoms with Gasteiger partial charge in [-0.2, -0.15) is 0 Å². The van der Waals surface area contributed by atoms with Crippen LogP contribution in [0, 0.1) is 0 Å². The first kappa shape index (κ1) is 32.0. The molecule has 9 heteroatoms. The standard InChI is InChI=1S/C27H45NO8/c1-26(2,3)35-24(29)10-12-31-14-16-33-18-19-34-17-15-32-13-11-28-21-22-8-7-9-23(20-22)25(30)36-27(4,5)6/h7-9,20,28H,10-19,21H2,1-6H3. The van der Waals surface area contributed by atoms with Crippen LogP contribution < -0.4 is 5.32 Å². The maximum atomic E-state index is 12.2. The highest BCUT2D eigenvalue weighted by Gasteiger charge is 2.18. The van der Waals surface area contributed by atoms with E-state index in [1.807, 2.05) is 59.7 Å². The van der Waals surface area contributed by atoms with Crippen LogP contribution in [0.15, 0.2) is 24.3 Å². The molecule has 1 rings (SSSR count). The number of carbonyl (C=O) groups is 2. The maximum absolute atomic E-state index is 12.2. The number of hydrogen-bond donors (Lipinski definition) is 1. The van der Waals surface area contributed by atoms with E-state index >= 15 is 0 Å². The fourth-order valence-corrected chi connectivity index (χ4v) is 2.83. The lowest BCUT2D eigenvalue weighted by Gasteiger charge is -2.19. The van der Waals surface area contributed by atoms with E-state index in [9.17, 15) is 9.59 Å². The van der Waals surface area contributed by atoms with E-state index in [2.05, 4.69) is 5.32 Å². The summed E-state index contributed by atoms with van der Waals surface area (Å²) < 4.78 is 32.4. The van der Waals surface area contributed by atoms with Crippen LogP contribution in [0.2, 0.25) is 0 Å². The van der Waals surface area contributed by atoms with Crippen molar-refractivity contribution in [3.05, 3.63) is 35.4 Å². The highest BCUT2D eigenvalue weighted by molar-refractivity contribution is 5.89. The molecule has 0 aliphatic rings. The Kier molecular flexibility index (Phi) is 15.5. The molecule has 0 aromatic heterocycles. The summed E-state index contributed by atoms with van der Waals surface area (Å²) in [5, 5.41) is 3.30. The molecule has 0 amide bonds. The van der Waals surface area contributed by atoms with Gasteiger partial charge in [0, 0.05) is 13.1 Å². The Balaban J connectivity index is 1.92. The number of rotatable bonds is 18. The minimum absolute atomic E-state index is 0.233. The fraction of sp³-hybridized carbons (Fsp3) is 0.704. The van der Waals surface area contributed by atoms with Crippen molar-refractivity contribution in [2.45, 2.75) is 65.7 Å². The van der Waals surface area contributed by atoms with Gasteiger partial charge in [0.05, 0.1) is 64.8 Å². The SMILES string of the molecule is CC(C)(C)OC(=O)CCOCCOCCOCCOCCNCc1cccc(C(=O)OC(C)(C)C)c1. The number of carbonyl (C=O) groups excluding carboxylic acids is 2. The van der Waals surface area contributed by atoms with Gasteiger partial charge in [-0.05, 0) is 59.2 Å². The molecule has 0 radical (unpaired) electrons. The Hall–Kier alpha value is -2.04. The number of ether oxygens (including phenoxy) is 6. The zero-order valence-electron chi connectivity index (χ0n) is 22.9. The second kappa shape index (κ2) is 17.4. The van der Waals surface area contributed by atoms with Crippen LogP contribution >= 0.6 is 0 Å². The van der Waals surface area contributed by atoms with Gasteiger partial charge >= 0.3 is 11.9 Å². The lowest BCUT2D eigenvalue weighted by atomic mass is 10.1. The van der Waals surface area contributed by atoms with Crippen LogP contribution in [0.3, 0.4) is 0 Å². The molecule has 0 fully saturated rings. The van der Waals surface area contributed by atoms with Crippen LogP contribution in [0.5, 0.6) is 0 Å². The van der Waals surface area contributed by atoms with Crippen LogP contribution in [-0.2, 0) is 39.8 Å². The van der Waals surface area contributed by atoms with Gasteiger partial charge in [0.1, 0.15) is 11.2 Å². The molecule has 0 aliphatic carbocycles. The normalized spacial score (nSPS) is 11.9. The first-order chi connectivity index (χ1) is 17.0. The average Bonchev–Trinajstić information content (AvgIpc) is 2.76. The van der Waals surface area contributed by atoms with Crippen molar-refractivity contribution in [1.29, 1.82) is 0 Å². The lowest BCUT2D eigenvalue weighted by Crippen LogP contribution is -2.24. The molecule has 206 valence electrons. The van der Waals surface area contributed by atoms with Crippen LogP contribution in [-0.4, -0.2) is 82.5 Å². The summed E-state index contributed by atoms with van der Waals surface area (Å²) in [7, 11) is 0. The molecule has 0 bridgehead atoms. The molecule has 1 aromatic carbocycles. The predicted octanol–water partition coefficient (Wildman–Crippen LogP) is 3.53. The second-order valence-corrected chi connectivity index (χ2v) is 10.2. The van der Waals surface area contributed by atoms with Gasteiger partial charge < -0.3 is 33.7 Å². The predicted molar refractivity (Wildman–Crippen MR) is 137 cm³/mol.